The Morgan fingerprint density at radius 3 is 2.67 bits per heavy atom. The van der Waals surface area contributed by atoms with Crippen molar-refractivity contribution < 1.29 is 18.7 Å². The zero-order valence-electron chi connectivity index (χ0n) is 15.0. The van der Waals surface area contributed by atoms with E-state index in [1.54, 1.807) is 17.8 Å². The predicted octanol–water partition coefficient (Wildman–Crippen LogP) is 3.52. The fourth-order valence-electron chi connectivity index (χ4n) is 3.35. The third-order valence-electron chi connectivity index (χ3n) is 4.79. The number of carbonyl (C=O) groups is 1. The zero-order chi connectivity index (χ0) is 19.3. The molecule has 0 saturated heterocycles. The van der Waals surface area contributed by atoms with Crippen LogP contribution in [0.4, 0.5) is 8.78 Å². The average Bonchev–Trinajstić information content (AvgIpc) is 3.30. The van der Waals surface area contributed by atoms with Crippen molar-refractivity contribution in [1.29, 1.82) is 0 Å². The minimum Gasteiger partial charge on any atom is -0.480 e. The molecule has 0 atom stereocenters. The molecule has 0 amide bonds. The Kier molecular flexibility index (Phi) is 4.16. The summed E-state index contributed by atoms with van der Waals surface area (Å²) in [5, 5.41) is 18.2. The van der Waals surface area contributed by atoms with Crippen LogP contribution in [0, 0.1) is 6.92 Å². The van der Waals surface area contributed by atoms with E-state index in [4.69, 9.17) is 0 Å². The van der Waals surface area contributed by atoms with Gasteiger partial charge in [-0.2, -0.15) is 10.2 Å². The molecule has 3 aromatic rings. The SMILES string of the molecule is CCn1cc(-c2cc(C(F)F)c3c(C4CC4)nn(CC(=O)O)c3n2)c(C)n1. The lowest BCUT2D eigenvalue weighted by molar-refractivity contribution is -0.137. The number of pyridine rings is 1. The number of hydrogen-bond donors (Lipinski definition) is 1. The highest BCUT2D eigenvalue weighted by Crippen LogP contribution is 2.45. The van der Waals surface area contributed by atoms with Gasteiger partial charge in [-0.25, -0.2) is 18.4 Å². The summed E-state index contributed by atoms with van der Waals surface area (Å²) < 4.78 is 30.7. The van der Waals surface area contributed by atoms with Crippen molar-refractivity contribution >= 4 is 17.0 Å². The number of aromatic nitrogens is 5. The maximum Gasteiger partial charge on any atom is 0.325 e. The highest BCUT2D eigenvalue weighted by atomic mass is 19.3. The first kappa shape index (κ1) is 17.6. The van der Waals surface area contributed by atoms with Crippen LogP contribution in [0.5, 0.6) is 0 Å². The van der Waals surface area contributed by atoms with Crippen molar-refractivity contribution in [2.45, 2.75) is 52.1 Å². The minimum atomic E-state index is -2.71. The van der Waals surface area contributed by atoms with Crippen LogP contribution in [0.1, 0.15) is 49.1 Å². The number of rotatable bonds is 6. The molecule has 9 heteroatoms. The van der Waals surface area contributed by atoms with Crippen LogP contribution in [0.3, 0.4) is 0 Å². The Labute approximate surface area is 153 Å². The highest BCUT2D eigenvalue weighted by molar-refractivity contribution is 5.87. The van der Waals surface area contributed by atoms with Gasteiger partial charge in [-0.3, -0.25) is 9.48 Å². The maximum absolute atomic E-state index is 13.9. The molecule has 3 heterocycles. The van der Waals surface area contributed by atoms with Gasteiger partial charge in [-0.1, -0.05) is 0 Å². The lowest BCUT2D eigenvalue weighted by Gasteiger charge is -2.08. The van der Waals surface area contributed by atoms with Crippen molar-refractivity contribution in [1.82, 2.24) is 24.5 Å². The Morgan fingerprint density at radius 2 is 2.11 bits per heavy atom. The van der Waals surface area contributed by atoms with E-state index >= 15 is 0 Å². The molecule has 0 spiro atoms. The van der Waals surface area contributed by atoms with Crippen LogP contribution in [0.2, 0.25) is 0 Å². The molecular weight excluding hydrogens is 356 g/mol. The lowest BCUT2D eigenvalue weighted by Crippen LogP contribution is -2.11. The fraction of sp³-hybridized carbons (Fsp3) is 0.444. The van der Waals surface area contributed by atoms with E-state index < -0.39 is 18.9 Å². The molecule has 1 fully saturated rings. The summed E-state index contributed by atoms with van der Waals surface area (Å²) in [5.74, 6) is -1.00. The van der Waals surface area contributed by atoms with Crippen molar-refractivity contribution in [2.24, 2.45) is 0 Å². The van der Waals surface area contributed by atoms with Crippen LogP contribution < -0.4 is 0 Å². The van der Waals surface area contributed by atoms with E-state index in [1.807, 2.05) is 6.92 Å². The number of fused-ring (bicyclic) bond motifs is 1. The second kappa shape index (κ2) is 6.40. The lowest BCUT2D eigenvalue weighted by atomic mass is 10.0. The van der Waals surface area contributed by atoms with E-state index in [2.05, 4.69) is 15.2 Å². The number of aliphatic carboxylic acids is 1. The number of alkyl halides is 2. The Balaban J connectivity index is 1.99. The van der Waals surface area contributed by atoms with Gasteiger partial charge in [-0.15, -0.1) is 0 Å². The first-order valence-electron chi connectivity index (χ1n) is 8.84. The smallest absolute Gasteiger partial charge is 0.325 e. The van der Waals surface area contributed by atoms with Crippen molar-refractivity contribution in [3.8, 4) is 11.3 Å². The van der Waals surface area contributed by atoms with E-state index in [9.17, 15) is 18.7 Å². The van der Waals surface area contributed by atoms with Gasteiger partial charge in [-0.05, 0) is 32.8 Å². The first-order chi connectivity index (χ1) is 12.9. The molecule has 7 nitrogen and oxygen atoms in total. The van der Waals surface area contributed by atoms with Gasteiger partial charge in [0.15, 0.2) is 5.65 Å². The van der Waals surface area contributed by atoms with E-state index in [-0.39, 0.29) is 22.5 Å². The molecule has 0 radical (unpaired) electrons. The maximum atomic E-state index is 13.9. The summed E-state index contributed by atoms with van der Waals surface area (Å²) in [5.41, 5.74) is 2.24. The van der Waals surface area contributed by atoms with E-state index in [1.165, 1.54) is 10.7 Å². The van der Waals surface area contributed by atoms with Gasteiger partial charge in [0.1, 0.15) is 6.54 Å². The second-order valence-corrected chi connectivity index (χ2v) is 6.79. The van der Waals surface area contributed by atoms with Crippen LogP contribution in [0.25, 0.3) is 22.3 Å². The molecule has 1 aliphatic rings. The van der Waals surface area contributed by atoms with Crippen LogP contribution >= 0.6 is 0 Å². The second-order valence-electron chi connectivity index (χ2n) is 6.79. The normalized spacial score (nSPS) is 14.4. The fourth-order valence-corrected chi connectivity index (χ4v) is 3.35. The first-order valence-corrected chi connectivity index (χ1v) is 8.84. The molecule has 27 heavy (non-hydrogen) atoms. The molecule has 0 aliphatic heterocycles. The summed E-state index contributed by atoms with van der Waals surface area (Å²) >= 11 is 0. The molecule has 1 aliphatic carbocycles. The van der Waals surface area contributed by atoms with Crippen LogP contribution in [0.15, 0.2) is 12.3 Å². The summed E-state index contributed by atoms with van der Waals surface area (Å²) in [6, 6.07) is 1.38. The molecule has 0 aromatic carbocycles. The Morgan fingerprint density at radius 1 is 1.37 bits per heavy atom. The van der Waals surface area contributed by atoms with E-state index in [0.29, 0.717) is 29.2 Å². The molecule has 1 saturated carbocycles. The predicted molar refractivity (Wildman–Crippen MR) is 93.7 cm³/mol. The minimum absolute atomic E-state index is 0.0947. The summed E-state index contributed by atoms with van der Waals surface area (Å²) in [7, 11) is 0. The summed E-state index contributed by atoms with van der Waals surface area (Å²) in [6.45, 7) is 3.95. The van der Waals surface area contributed by atoms with E-state index in [0.717, 1.165) is 12.8 Å². The third kappa shape index (κ3) is 3.07. The number of carboxylic acids is 1. The monoisotopic (exact) mass is 375 g/mol. The Hall–Kier alpha value is -2.84. The zero-order valence-corrected chi connectivity index (χ0v) is 15.0. The van der Waals surface area contributed by atoms with Crippen LogP contribution in [-0.2, 0) is 17.9 Å². The highest BCUT2D eigenvalue weighted by Gasteiger charge is 2.33. The number of halogens is 2. The molecule has 1 N–H and O–H groups in total. The van der Waals surface area contributed by atoms with Gasteiger partial charge in [0.2, 0.25) is 0 Å². The number of carboxylic acid groups (broad SMARTS) is 1. The van der Waals surface area contributed by atoms with Gasteiger partial charge in [0.25, 0.3) is 6.43 Å². The van der Waals surface area contributed by atoms with Crippen LogP contribution in [-0.4, -0.2) is 35.6 Å². The molecule has 0 unspecified atom stereocenters. The molecular formula is C18H19F2N5O2. The molecule has 3 aromatic heterocycles. The van der Waals surface area contributed by atoms with Gasteiger partial charge < -0.3 is 5.11 Å². The number of nitrogens with zero attached hydrogens (tertiary/aromatic N) is 5. The van der Waals surface area contributed by atoms with Gasteiger partial charge in [0, 0.05) is 29.8 Å². The van der Waals surface area contributed by atoms with Gasteiger partial charge >= 0.3 is 5.97 Å². The van der Waals surface area contributed by atoms with Gasteiger partial charge in [0.05, 0.1) is 22.5 Å². The molecule has 0 bridgehead atoms. The standard InChI is InChI=1S/C18H19F2N5O2/c1-3-24-7-12(9(2)22-24)13-6-11(17(19)20)15-16(10-4-5-10)23-25(8-14(26)27)18(15)21-13/h6-7,10,17H,3-5,8H2,1-2H3,(H,26,27). The topological polar surface area (TPSA) is 85.8 Å². The van der Waals surface area contributed by atoms with Crippen molar-refractivity contribution in [3.05, 3.63) is 29.2 Å². The number of aryl methyl sites for hydroxylation is 2. The summed E-state index contributed by atoms with van der Waals surface area (Å²) in [6.07, 6.45) is 0.784. The third-order valence-corrected chi connectivity index (χ3v) is 4.79. The largest absolute Gasteiger partial charge is 0.480 e. The molecule has 4 rings (SSSR count). The molecule has 142 valence electrons. The van der Waals surface area contributed by atoms with Crippen molar-refractivity contribution in [3.63, 3.8) is 0 Å². The van der Waals surface area contributed by atoms with Crippen molar-refractivity contribution in [2.75, 3.05) is 0 Å². The Bertz CT molecular complexity index is 1040. The summed E-state index contributed by atoms with van der Waals surface area (Å²) in [4.78, 5) is 15.8. The average molecular weight is 375 g/mol. The number of hydrogen-bond acceptors (Lipinski definition) is 4. The quantitative estimate of drug-likeness (QED) is 0.712.